The topological polar surface area (TPSA) is 49.8 Å². The third-order valence-electron chi connectivity index (χ3n) is 4.56. The van der Waals surface area contributed by atoms with Gasteiger partial charge in [-0.3, -0.25) is 4.79 Å². The number of carbonyl (C=O) groups excluding carboxylic acids is 1. The number of likely N-dealkylation sites (tertiary alicyclic amines) is 1. The predicted octanol–water partition coefficient (Wildman–Crippen LogP) is 2.99. The zero-order valence-electron chi connectivity index (χ0n) is 13.6. The van der Waals surface area contributed by atoms with Crippen LogP contribution in [0.4, 0.5) is 0 Å². The van der Waals surface area contributed by atoms with Crippen LogP contribution in [0.3, 0.4) is 0 Å². The van der Waals surface area contributed by atoms with E-state index < -0.39 is 0 Å². The number of phenols is 1. The SMILES string of the molecule is CCOC(=O)C1CCN([C@@H](C)CCc2ccc(O)cc2)CC1. The van der Waals surface area contributed by atoms with E-state index in [2.05, 4.69) is 11.8 Å². The summed E-state index contributed by atoms with van der Waals surface area (Å²) in [6.45, 7) is 6.53. The lowest BCUT2D eigenvalue weighted by molar-refractivity contribution is -0.149. The minimum atomic E-state index is -0.0288. The Morgan fingerprint density at radius 3 is 2.55 bits per heavy atom. The van der Waals surface area contributed by atoms with Crippen LogP contribution in [0, 0.1) is 5.92 Å². The van der Waals surface area contributed by atoms with Crippen molar-refractivity contribution < 1.29 is 14.6 Å². The molecule has 1 atom stereocenters. The van der Waals surface area contributed by atoms with Gasteiger partial charge in [0.1, 0.15) is 5.75 Å². The standard InChI is InChI=1S/C18H27NO3/c1-3-22-18(21)16-10-12-19(13-11-16)14(2)4-5-15-6-8-17(20)9-7-15/h6-9,14,16,20H,3-5,10-13H2,1-2H3/t14-/m0/s1. The summed E-state index contributed by atoms with van der Waals surface area (Å²) < 4.78 is 5.11. The van der Waals surface area contributed by atoms with E-state index in [1.807, 2.05) is 19.1 Å². The molecule has 0 saturated carbocycles. The van der Waals surface area contributed by atoms with Gasteiger partial charge in [0.2, 0.25) is 0 Å². The molecular formula is C18H27NO3. The molecule has 0 bridgehead atoms. The Bertz CT molecular complexity index is 464. The van der Waals surface area contributed by atoms with Crippen LogP contribution in [0.25, 0.3) is 0 Å². The Kier molecular flexibility index (Phi) is 6.25. The van der Waals surface area contributed by atoms with E-state index in [1.54, 1.807) is 12.1 Å². The number of ether oxygens (including phenoxy) is 1. The van der Waals surface area contributed by atoms with Crippen LogP contribution in [0.2, 0.25) is 0 Å². The number of esters is 1. The summed E-state index contributed by atoms with van der Waals surface area (Å²) >= 11 is 0. The van der Waals surface area contributed by atoms with Crippen molar-refractivity contribution in [2.75, 3.05) is 19.7 Å². The summed E-state index contributed by atoms with van der Waals surface area (Å²) in [6.07, 6.45) is 3.92. The quantitative estimate of drug-likeness (QED) is 0.821. The van der Waals surface area contributed by atoms with Crippen molar-refractivity contribution in [2.24, 2.45) is 5.92 Å². The maximum Gasteiger partial charge on any atom is 0.309 e. The fourth-order valence-electron chi connectivity index (χ4n) is 3.06. The molecule has 0 radical (unpaired) electrons. The first-order valence-electron chi connectivity index (χ1n) is 8.28. The number of carbonyl (C=O) groups is 1. The summed E-state index contributed by atoms with van der Waals surface area (Å²) in [4.78, 5) is 14.2. The summed E-state index contributed by atoms with van der Waals surface area (Å²) in [5.74, 6) is 0.372. The van der Waals surface area contributed by atoms with Gasteiger partial charge in [0.05, 0.1) is 12.5 Å². The number of rotatable bonds is 6. The summed E-state index contributed by atoms with van der Waals surface area (Å²) in [6, 6.07) is 7.96. The number of benzene rings is 1. The lowest BCUT2D eigenvalue weighted by Gasteiger charge is -2.35. The lowest BCUT2D eigenvalue weighted by Crippen LogP contribution is -2.42. The maximum atomic E-state index is 11.8. The van der Waals surface area contributed by atoms with E-state index >= 15 is 0 Å². The molecule has 1 saturated heterocycles. The third kappa shape index (κ3) is 4.73. The molecule has 0 aliphatic carbocycles. The van der Waals surface area contributed by atoms with Crippen LogP contribution in [0.5, 0.6) is 5.75 Å². The normalized spacial score (nSPS) is 18.1. The Morgan fingerprint density at radius 1 is 1.32 bits per heavy atom. The van der Waals surface area contributed by atoms with Crippen molar-refractivity contribution in [3.05, 3.63) is 29.8 Å². The average Bonchev–Trinajstić information content (AvgIpc) is 2.54. The second-order valence-corrected chi connectivity index (χ2v) is 6.12. The van der Waals surface area contributed by atoms with Crippen molar-refractivity contribution >= 4 is 5.97 Å². The minimum absolute atomic E-state index is 0.0288. The van der Waals surface area contributed by atoms with Gasteiger partial charge in [0, 0.05) is 6.04 Å². The summed E-state index contributed by atoms with van der Waals surface area (Å²) in [5, 5.41) is 9.30. The first kappa shape index (κ1) is 16.8. The van der Waals surface area contributed by atoms with Gasteiger partial charge in [-0.05, 0) is 70.3 Å². The monoisotopic (exact) mass is 305 g/mol. The second-order valence-electron chi connectivity index (χ2n) is 6.12. The number of phenolic OH excluding ortho intramolecular Hbond substituents is 1. The van der Waals surface area contributed by atoms with Crippen molar-refractivity contribution in [1.82, 2.24) is 4.90 Å². The number of piperidine rings is 1. The van der Waals surface area contributed by atoms with E-state index in [0.29, 0.717) is 18.4 Å². The molecule has 0 aromatic heterocycles. The van der Waals surface area contributed by atoms with Crippen LogP contribution in [0.15, 0.2) is 24.3 Å². The number of aryl methyl sites for hydroxylation is 1. The van der Waals surface area contributed by atoms with E-state index in [4.69, 9.17) is 4.74 Å². The molecule has 1 N–H and O–H groups in total. The van der Waals surface area contributed by atoms with Gasteiger partial charge in [0.25, 0.3) is 0 Å². The molecule has 1 heterocycles. The molecule has 0 spiro atoms. The van der Waals surface area contributed by atoms with Crippen LogP contribution in [-0.4, -0.2) is 41.7 Å². The Hall–Kier alpha value is -1.55. The van der Waals surface area contributed by atoms with Gasteiger partial charge < -0.3 is 14.7 Å². The third-order valence-corrected chi connectivity index (χ3v) is 4.56. The zero-order valence-corrected chi connectivity index (χ0v) is 13.6. The first-order valence-corrected chi connectivity index (χ1v) is 8.28. The molecule has 122 valence electrons. The molecule has 1 aliphatic heterocycles. The van der Waals surface area contributed by atoms with Crippen LogP contribution in [-0.2, 0) is 16.0 Å². The highest BCUT2D eigenvalue weighted by Gasteiger charge is 2.27. The van der Waals surface area contributed by atoms with E-state index in [0.717, 1.165) is 38.8 Å². The van der Waals surface area contributed by atoms with Gasteiger partial charge in [-0.15, -0.1) is 0 Å². The number of hydrogen-bond acceptors (Lipinski definition) is 4. The molecule has 1 fully saturated rings. The molecule has 1 aromatic rings. The molecular weight excluding hydrogens is 278 g/mol. The van der Waals surface area contributed by atoms with Gasteiger partial charge in [0.15, 0.2) is 0 Å². The van der Waals surface area contributed by atoms with Crippen LogP contribution in [0.1, 0.15) is 38.7 Å². The Morgan fingerprint density at radius 2 is 1.95 bits per heavy atom. The van der Waals surface area contributed by atoms with Crippen molar-refractivity contribution in [1.29, 1.82) is 0 Å². The molecule has 0 unspecified atom stereocenters. The van der Waals surface area contributed by atoms with E-state index in [-0.39, 0.29) is 11.9 Å². The molecule has 1 aromatic carbocycles. The van der Waals surface area contributed by atoms with Crippen molar-refractivity contribution in [3.63, 3.8) is 0 Å². The van der Waals surface area contributed by atoms with Crippen molar-refractivity contribution in [2.45, 2.75) is 45.6 Å². The predicted molar refractivity (Wildman–Crippen MR) is 86.8 cm³/mol. The van der Waals surface area contributed by atoms with Crippen LogP contribution >= 0.6 is 0 Å². The second kappa shape index (κ2) is 8.18. The highest BCUT2D eigenvalue weighted by Crippen LogP contribution is 2.22. The van der Waals surface area contributed by atoms with Crippen LogP contribution < -0.4 is 0 Å². The summed E-state index contributed by atoms with van der Waals surface area (Å²) in [5.41, 5.74) is 1.26. The largest absolute Gasteiger partial charge is 0.508 e. The Labute approximate surface area is 133 Å². The van der Waals surface area contributed by atoms with Gasteiger partial charge >= 0.3 is 5.97 Å². The molecule has 22 heavy (non-hydrogen) atoms. The fraction of sp³-hybridized carbons (Fsp3) is 0.611. The smallest absolute Gasteiger partial charge is 0.309 e. The van der Waals surface area contributed by atoms with E-state index in [9.17, 15) is 9.90 Å². The lowest BCUT2D eigenvalue weighted by atomic mass is 9.95. The number of aromatic hydroxyl groups is 1. The zero-order chi connectivity index (χ0) is 15.9. The van der Waals surface area contributed by atoms with Gasteiger partial charge in [-0.2, -0.15) is 0 Å². The van der Waals surface area contributed by atoms with E-state index in [1.165, 1.54) is 5.56 Å². The first-order chi connectivity index (χ1) is 10.6. The average molecular weight is 305 g/mol. The number of nitrogens with zero attached hydrogens (tertiary/aromatic N) is 1. The highest BCUT2D eigenvalue weighted by atomic mass is 16.5. The molecule has 2 rings (SSSR count). The Balaban J connectivity index is 1.74. The minimum Gasteiger partial charge on any atom is -0.508 e. The summed E-state index contributed by atoms with van der Waals surface area (Å²) in [7, 11) is 0. The van der Waals surface area contributed by atoms with Gasteiger partial charge in [-0.25, -0.2) is 0 Å². The van der Waals surface area contributed by atoms with Gasteiger partial charge in [-0.1, -0.05) is 12.1 Å². The molecule has 1 aliphatic rings. The van der Waals surface area contributed by atoms with Crippen molar-refractivity contribution in [3.8, 4) is 5.75 Å². The molecule has 4 heteroatoms. The fourth-order valence-corrected chi connectivity index (χ4v) is 3.06. The highest BCUT2D eigenvalue weighted by molar-refractivity contribution is 5.72. The molecule has 0 amide bonds. The number of hydrogen-bond donors (Lipinski definition) is 1. The maximum absolute atomic E-state index is 11.8. The molecule has 4 nitrogen and oxygen atoms in total.